The summed E-state index contributed by atoms with van der Waals surface area (Å²) in [6, 6.07) is 13.8. The van der Waals surface area contributed by atoms with Gasteiger partial charge in [-0.15, -0.1) is 11.8 Å². The molecule has 6 rings (SSSR count). The molecule has 2 heterocycles. The van der Waals surface area contributed by atoms with E-state index in [1.54, 1.807) is 23.4 Å². The van der Waals surface area contributed by atoms with Gasteiger partial charge in [0, 0.05) is 27.3 Å². The van der Waals surface area contributed by atoms with E-state index in [1.165, 1.54) is 54.9 Å². The quantitative estimate of drug-likeness (QED) is 0.517. The molecule has 2 bridgehead atoms. The maximum absolute atomic E-state index is 13.2. The molecule has 0 radical (unpaired) electrons. The molecular weight excluding hydrogens is 471 g/mol. The van der Waals surface area contributed by atoms with E-state index < -0.39 is 0 Å². The second kappa shape index (κ2) is 8.57. The number of benzene rings is 2. The molecule has 0 saturated heterocycles. The molecule has 0 spiro atoms. The van der Waals surface area contributed by atoms with Crippen molar-refractivity contribution in [2.75, 3.05) is 12.4 Å². The number of methoxy groups -OCH3 is 1. The van der Waals surface area contributed by atoms with Crippen LogP contribution in [0.4, 0.5) is 10.1 Å². The second-order valence-electron chi connectivity index (χ2n) is 9.39. The average Bonchev–Trinajstić information content (AvgIpc) is 3.54. The maximum atomic E-state index is 13.2. The van der Waals surface area contributed by atoms with Crippen molar-refractivity contribution in [1.82, 2.24) is 4.57 Å². The van der Waals surface area contributed by atoms with Crippen molar-refractivity contribution in [3.63, 3.8) is 0 Å². The van der Waals surface area contributed by atoms with E-state index in [2.05, 4.69) is 11.4 Å². The summed E-state index contributed by atoms with van der Waals surface area (Å²) in [5, 5.41) is 4.16. The minimum Gasteiger partial charge on any atom is -0.496 e. The molecule has 1 N–H and O–H groups in total. The Morgan fingerprint density at radius 1 is 1.15 bits per heavy atom. The molecule has 5 atom stereocenters. The Morgan fingerprint density at radius 2 is 1.91 bits per heavy atom. The third kappa shape index (κ3) is 3.58. The lowest BCUT2D eigenvalue weighted by atomic mass is 9.74. The summed E-state index contributed by atoms with van der Waals surface area (Å²) in [5.41, 5.74) is 1.65. The Morgan fingerprint density at radius 3 is 2.71 bits per heavy atom. The highest BCUT2D eigenvalue weighted by molar-refractivity contribution is 8.00. The van der Waals surface area contributed by atoms with Crippen LogP contribution in [0.1, 0.15) is 35.6 Å². The normalized spacial score (nSPS) is 26.7. The molecule has 2 saturated carbocycles. The monoisotopic (exact) mass is 496 g/mol. The van der Waals surface area contributed by atoms with Gasteiger partial charge in [-0.2, -0.15) is 0 Å². The first-order valence-corrected chi connectivity index (χ1v) is 13.3. The summed E-state index contributed by atoms with van der Waals surface area (Å²) in [6.07, 6.45) is 3.74. The van der Waals surface area contributed by atoms with Crippen LogP contribution >= 0.6 is 23.1 Å². The van der Waals surface area contributed by atoms with Crippen LogP contribution in [0.15, 0.2) is 58.4 Å². The van der Waals surface area contributed by atoms with E-state index in [0.29, 0.717) is 28.7 Å². The third-order valence-corrected chi connectivity index (χ3v) is 10.4. The molecule has 1 aromatic heterocycles. The van der Waals surface area contributed by atoms with Gasteiger partial charge in [0.1, 0.15) is 18.1 Å². The highest BCUT2D eigenvalue weighted by Gasteiger charge is 2.55. The number of anilines is 1. The number of hydrogen-bond donors (Lipinski definition) is 1. The fraction of sp³-hybridized carbons (Fsp3) is 0.385. The second-order valence-corrected chi connectivity index (χ2v) is 11.6. The molecule has 2 fully saturated rings. The summed E-state index contributed by atoms with van der Waals surface area (Å²) in [7, 11) is 1.70. The SMILES string of the molecule is COc1ccccc1[C@H]1c2sc(=O)n(CC(=O)Nc3ccc(F)cc3)c2SC2C3CCC(C3)C21. The van der Waals surface area contributed by atoms with Gasteiger partial charge in [0.15, 0.2) is 0 Å². The first-order valence-electron chi connectivity index (χ1n) is 11.6. The number of para-hydroxylation sites is 1. The molecule has 34 heavy (non-hydrogen) atoms. The van der Waals surface area contributed by atoms with Gasteiger partial charge in [-0.1, -0.05) is 29.5 Å². The molecule has 4 unspecified atom stereocenters. The number of hydrogen-bond acceptors (Lipinski definition) is 5. The van der Waals surface area contributed by atoms with Crippen molar-refractivity contribution in [2.24, 2.45) is 17.8 Å². The van der Waals surface area contributed by atoms with E-state index in [-0.39, 0.29) is 29.1 Å². The van der Waals surface area contributed by atoms with Crippen LogP contribution in [0.2, 0.25) is 0 Å². The number of thiazole rings is 1. The zero-order valence-electron chi connectivity index (χ0n) is 18.7. The van der Waals surface area contributed by atoms with Crippen molar-refractivity contribution in [3.8, 4) is 5.75 Å². The van der Waals surface area contributed by atoms with Crippen LogP contribution < -0.4 is 14.9 Å². The van der Waals surface area contributed by atoms with E-state index in [9.17, 15) is 14.0 Å². The number of halogens is 1. The standard InChI is InChI=1S/C26H25FN2O3S2/c1-32-19-5-3-2-4-18(19)22-21-14-6-7-15(12-14)23(21)33-25-24(22)34-26(31)29(25)13-20(30)28-17-10-8-16(27)9-11-17/h2-5,8-11,14-15,21-23H,6-7,12-13H2,1H3,(H,28,30)/t14?,15?,21?,22-,23?/m1/s1. The Bertz CT molecular complexity index is 1300. The summed E-state index contributed by atoms with van der Waals surface area (Å²) in [4.78, 5) is 26.9. The summed E-state index contributed by atoms with van der Waals surface area (Å²) in [5.74, 6) is 2.10. The molecule has 176 valence electrons. The highest BCUT2D eigenvalue weighted by Crippen LogP contribution is 2.64. The lowest BCUT2D eigenvalue weighted by Crippen LogP contribution is -2.35. The molecule has 5 nitrogen and oxygen atoms in total. The van der Waals surface area contributed by atoms with Gasteiger partial charge in [-0.05, 0) is 67.3 Å². The fourth-order valence-corrected chi connectivity index (χ4v) is 9.38. The van der Waals surface area contributed by atoms with Gasteiger partial charge in [0.05, 0.1) is 12.1 Å². The average molecular weight is 497 g/mol. The summed E-state index contributed by atoms with van der Waals surface area (Å²) >= 11 is 3.07. The first kappa shape index (κ1) is 21.9. The van der Waals surface area contributed by atoms with Crippen LogP contribution in [-0.4, -0.2) is 22.8 Å². The van der Waals surface area contributed by atoms with Crippen molar-refractivity contribution in [1.29, 1.82) is 0 Å². The molecule has 1 amide bonds. The number of ether oxygens (including phenoxy) is 1. The number of fused-ring (bicyclic) bond motifs is 6. The Kier molecular flexibility index (Phi) is 5.53. The molecule has 2 aliphatic carbocycles. The number of aromatic nitrogens is 1. The molecular formula is C26H25FN2O3S2. The smallest absolute Gasteiger partial charge is 0.308 e. The topological polar surface area (TPSA) is 60.3 Å². The van der Waals surface area contributed by atoms with Crippen molar-refractivity contribution < 1.29 is 13.9 Å². The number of rotatable bonds is 5. The number of thioether (sulfide) groups is 1. The van der Waals surface area contributed by atoms with Gasteiger partial charge in [0.25, 0.3) is 0 Å². The molecule has 3 aliphatic rings. The lowest BCUT2D eigenvalue weighted by molar-refractivity contribution is -0.116. The highest BCUT2D eigenvalue weighted by atomic mass is 32.2. The fourth-order valence-electron chi connectivity index (χ4n) is 6.24. The molecule has 8 heteroatoms. The summed E-state index contributed by atoms with van der Waals surface area (Å²) in [6.45, 7) is -0.0564. The third-order valence-electron chi connectivity index (χ3n) is 7.59. The molecule has 2 aromatic carbocycles. The predicted octanol–water partition coefficient (Wildman–Crippen LogP) is 5.35. The van der Waals surface area contributed by atoms with Gasteiger partial charge >= 0.3 is 4.87 Å². The van der Waals surface area contributed by atoms with E-state index >= 15 is 0 Å². The van der Waals surface area contributed by atoms with Gasteiger partial charge < -0.3 is 10.1 Å². The first-order chi connectivity index (χ1) is 16.5. The van der Waals surface area contributed by atoms with Crippen molar-refractivity contribution in [2.45, 2.75) is 42.0 Å². The van der Waals surface area contributed by atoms with Gasteiger partial charge in [-0.25, -0.2) is 4.39 Å². The molecule has 1 aliphatic heterocycles. The lowest BCUT2D eigenvalue weighted by Gasteiger charge is -2.40. The minimum absolute atomic E-state index is 0.0564. The Hall–Kier alpha value is -2.58. The summed E-state index contributed by atoms with van der Waals surface area (Å²) < 4.78 is 20.6. The van der Waals surface area contributed by atoms with E-state index in [0.717, 1.165) is 21.2 Å². The number of nitrogens with one attached hydrogen (secondary N) is 1. The maximum Gasteiger partial charge on any atom is 0.308 e. The van der Waals surface area contributed by atoms with Gasteiger partial charge in [0.2, 0.25) is 5.91 Å². The zero-order valence-corrected chi connectivity index (χ0v) is 20.3. The largest absolute Gasteiger partial charge is 0.496 e. The van der Waals surface area contributed by atoms with Gasteiger partial charge in [-0.3, -0.25) is 14.2 Å². The van der Waals surface area contributed by atoms with Crippen molar-refractivity contribution in [3.05, 3.63) is 74.5 Å². The predicted molar refractivity (Wildman–Crippen MR) is 132 cm³/mol. The number of nitrogens with zero attached hydrogens (tertiary/aromatic N) is 1. The van der Waals surface area contributed by atoms with Crippen LogP contribution in [-0.2, 0) is 11.3 Å². The van der Waals surface area contributed by atoms with Crippen LogP contribution in [0, 0.1) is 23.6 Å². The number of carbonyl (C=O) groups excluding carboxylic acids is 1. The zero-order chi connectivity index (χ0) is 23.4. The van der Waals surface area contributed by atoms with Crippen LogP contribution in [0.25, 0.3) is 0 Å². The Labute approximate surface area is 205 Å². The number of amides is 1. The van der Waals surface area contributed by atoms with Crippen LogP contribution in [0.3, 0.4) is 0 Å². The van der Waals surface area contributed by atoms with E-state index in [4.69, 9.17) is 4.74 Å². The minimum atomic E-state index is -0.361. The van der Waals surface area contributed by atoms with Crippen LogP contribution in [0.5, 0.6) is 5.75 Å². The molecule has 3 aromatic rings. The van der Waals surface area contributed by atoms with Crippen molar-refractivity contribution >= 4 is 34.7 Å². The Balaban J connectivity index is 1.38. The number of carbonyl (C=O) groups is 1. The van der Waals surface area contributed by atoms with E-state index in [1.807, 2.05) is 18.2 Å².